The van der Waals surface area contributed by atoms with Crippen molar-refractivity contribution >= 4 is 57.9 Å². The summed E-state index contributed by atoms with van der Waals surface area (Å²) in [5.41, 5.74) is 16.3. The Morgan fingerprint density at radius 3 is 1.96 bits per heavy atom. The highest BCUT2D eigenvalue weighted by atomic mass is 35.5. The van der Waals surface area contributed by atoms with Gasteiger partial charge in [-0.2, -0.15) is 0 Å². The third kappa shape index (κ3) is 2.96. The molecule has 4 rings (SSSR count). The van der Waals surface area contributed by atoms with Gasteiger partial charge in [0.1, 0.15) is 0 Å². The first-order valence-electron chi connectivity index (χ1n) is 7.16. The summed E-state index contributed by atoms with van der Waals surface area (Å²) in [5, 5.41) is 3.28. The summed E-state index contributed by atoms with van der Waals surface area (Å²) in [6.07, 6.45) is 0. The van der Waals surface area contributed by atoms with E-state index < -0.39 is 0 Å². The molecule has 24 heavy (non-hydrogen) atoms. The molecule has 0 unspecified atom stereocenters. The van der Waals surface area contributed by atoms with Gasteiger partial charge >= 0.3 is 0 Å². The molecule has 0 fully saturated rings. The van der Waals surface area contributed by atoms with Crippen LogP contribution in [0.1, 0.15) is 0 Å². The Hall–Kier alpha value is -2.49. The van der Waals surface area contributed by atoms with Crippen molar-refractivity contribution in [2.24, 2.45) is 0 Å². The molecule has 1 heterocycles. The van der Waals surface area contributed by atoms with Crippen LogP contribution >= 0.6 is 24.8 Å². The summed E-state index contributed by atoms with van der Waals surface area (Å²) in [6, 6.07) is 21.9. The molecule has 0 saturated heterocycles. The molecule has 3 aromatic carbocycles. The topological polar surface area (TPSA) is 64.9 Å². The van der Waals surface area contributed by atoms with Gasteiger partial charge in [0.15, 0.2) is 0 Å². The average Bonchev–Trinajstić information content (AvgIpc) is 2.54. The van der Waals surface area contributed by atoms with Gasteiger partial charge in [0.25, 0.3) is 0 Å². The van der Waals surface area contributed by atoms with Crippen molar-refractivity contribution in [2.45, 2.75) is 0 Å². The third-order valence-electron chi connectivity index (χ3n) is 3.89. The van der Waals surface area contributed by atoms with Gasteiger partial charge in [-0.25, -0.2) is 4.98 Å². The fourth-order valence-corrected chi connectivity index (χ4v) is 2.86. The number of fused-ring (bicyclic) bond motifs is 3. The van der Waals surface area contributed by atoms with Crippen LogP contribution in [0.4, 0.5) is 11.4 Å². The minimum absolute atomic E-state index is 0. The van der Waals surface area contributed by atoms with Crippen LogP contribution in [0, 0.1) is 0 Å². The zero-order chi connectivity index (χ0) is 15.1. The average molecular weight is 358 g/mol. The first kappa shape index (κ1) is 17.9. The highest BCUT2D eigenvalue weighted by Crippen LogP contribution is 2.34. The van der Waals surface area contributed by atoms with Crippen molar-refractivity contribution in [1.29, 1.82) is 0 Å². The number of nitrogens with zero attached hydrogens (tertiary/aromatic N) is 1. The molecular formula is C19H17Cl2N3. The monoisotopic (exact) mass is 357 g/mol. The molecule has 1 aromatic heterocycles. The number of halogens is 2. The van der Waals surface area contributed by atoms with Gasteiger partial charge in [0, 0.05) is 27.7 Å². The molecule has 0 saturated carbocycles. The molecule has 0 amide bonds. The molecule has 3 nitrogen and oxygen atoms in total. The van der Waals surface area contributed by atoms with Gasteiger partial charge < -0.3 is 11.5 Å². The van der Waals surface area contributed by atoms with E-state index in [1.807, 2.05) is 48.5 Å². The van der Waals surface area contributed by atoms with E-state index in [1.165, 1.54) is 0 Å². The first-order chi connectivity index (χ1) is 10.7. The number of aromatic nitrogens is 1. The molecular weight excluding hydrogens is 341 g/mol. The van der Waals surface area contributed by atoms with Gasteiger partial charge in [-0.1, -0.05) is 42.5 Å². The van der Waals surface area contributed by atoms with E-state index in [1.54, 1.807) is 0 Å². The summed E-state index contributed by atoms with van der Waals surface area (Å²) in [4.78, 5) is 4.84. The summed E-state index contributed by atoms with van der Waals surface area (Å²) < 4.78 is 0. The largest absolute Gasteiger partial charge is 0.399 e. The van der Waals surface area contributed by atoms with E-state index in [2.05, 4.69) is 18.2 Å². The van der Waals surface area contributed by atoms with Crippen LogP contribution < -0.4 is 11.5 Å². The molecule has 0 bridgehead atoms. The van der Waals surface area contributed by atoms with Crippen LogP contribution in [0.15, 0.2) is 66.7 Å². The number of rotatable bonds is 1. The molecule has 0 aliphatic carbocycles. The number of anilines is 2. The van der Waals surface area contributed by atoms with Gasteiger partial charge in [-0.15, -0.1) is 24.8 Å². The van der Waals surface area contributed by atoms with Crippen molar-refractivity contribution in [3.05, 3.63) is 66.7 Å². The zero-order valence-corrected chi connectivity index (χ0v) is 14.4. The van der Waals surface area contributed by atoms with Gasteiger partial charge in [-0.3, -0.25) is 0 Å². The molecule has 0 atom stereocenters. The minimum atomic E-state index is 0. The van der Waals surface area contributed by atoms with Crippen LogP contribution in [-0.4, -0.2) is 4.98 Å². The highest BCUT2D eigenvalue weighted by molar-refractivity contribution is 6.12. The lowest BCUT2D eigenvalue weighted by molar-refractivity contribution is 1.43. The lowest BCUT2D eigenvalue weighted by Crippen LogP contribution is -1.93. The molecule has 122 valence electrons. The second kappa shape index (κ2) is 6.95. The molecule has 0 radical (unpaired) electrons. The van der Waals surface area contributed by atoms with E-state index in [9.17, 15) is 0 Å². The van der Waals surface area contributed by atoms with Crippen molar-refractivity contribution in [2.75, 3.05) is 11.5 Å². The number of nitrogens with two attached hydrogens (primary N) is 2. The molecule has 5 heteroatoms. The number of hydrogen-bond donors (Lipinski definition) is 2. The lowest BCUT2D eigenvalue weighted by Gasteiger charge is -2.11. The Morgan fingerprint density at radius 1 is 0.625 bits per heavy atom. The Labute approximate surface area is 152 Å². The standard InChI is InChI=1S/C19H15N3.2ClH/c20-13-6-8-15-16-9-7-14(21)11-18(16)22-19(17(15)10-13)12-4-2-1-3-5-12;;/h1-11H,20-21H2;2*1H. The number of benzene rings is 3. The third-order valence-corrected chi connectivity index (χ3v) is 3.89. The van der Waals surface area contributed by atoms with E-state index in [-0.39, 0.29) is 24.8 Å². The quantitative estimate of drug-likeness (QED) is 0.369. The predicted octanol–water partition coefficient (Wildman–Crippen LogP) is 5.06. The fraction of sp³-hybridized carbons (Fsp3) is 0. The number of hydrogen-bond acceptors (Lipinski definition) is 3. The van der Waals surface area contributed by atoms with Gasteiger partial charge in [0.2, 0.25) is 0 Å². The first-order valence-corrected chi connectivity index (χ1v) is 7.16. The number of pyridine rings is 1. The second-order valence-corrected chi connectivity index (χ2v) is 5.41. The van der Waals surface area contributed by atoms with Crippen LogP contribution in [0.25, 0.3) is 32.9 Å². The summed E-state index contributed by atoms with van der Waals surface area (Å²) >= 11 is 0. The lowest BCUT2D eigenvalue weighted by atomic mass is 9.99. The van der Waals surface area contributed by atoms with Crippen LogP contribution in [0.2, 0.25) is 0 Å². The van der Waals surface area contributed by atoms with Crippen LogP contribution in [-0.2, 0) is 0 Å². The SMILES string of the molecule is Cl.Cl.Nc1ccc2c(c1)nc(-c1ccccc1)c1cc(N)ccc12. The highest BCUT2D eigenvalue weighted by Gasteiger charge is 2.10. The second-order valence-electron chi connectivity index (χ2n) is 5.41. The maximum atomic E-state index is 5.99. The van der Waals surface area contributed by atoms with Gasteiger partial charge in [-0.05, 0) is 29.7 Å². The van der Waals surface area contributed by atoms with Crippen molar-refractivity contribution in [1.82, 2.24) is 4.98 Å². The van der Waals surface area contributed by atoms with E-state index in [0.29, 0.717) is 5.69 Å². The Bertz CT molecular complexity index is 1000. The van der Waals surface area contributed by atoms with E-state index in [0.717, 1.165) is 38.6 Å². The van der Waals surface area contributed by atoms with E-state index >= 15 is 0 Å². The van der Waals surface area contributed by atoms with Crippen LogP contribution in [0.3, 0.4) is 0 Å². The minimum Gasteiger partial charge on any atom is -0.399 e. The smallest absolute Gasteiger partial charge is 0.0788 e. The summed E-state index contributed by atoms with van der Waals surface area (Å²) in [7, 11) is 0. The summed E-state index contributed by atoms with van der Waals surface area (Å²) in [5.74, 6) is 0. The maximum Gasteiger partial charge on any atom is 0.0788 e. The van der Waals surface area contributed by atoms with E-state index in [4.69, 9.17) is 16.5 Å². The Balaban J connectivity index is 0.00000104. The molecule has 0 aliphatic heterocycles. The normalized spacial score (nSPS) is 10.2. The number of nitrogen functional groups attached to an aromatic ring is 2. The Kier molecular flexibility index (Phi) is 5.17. The predicted molar refractivity (Wildman–Crippen MR) is 108 cm³/mol. The van der Waals surface area contributed by atoms with Gasteiger partial charge in [0.05, 0.1) is 11.2 Å². The van der Waals surface area contributed by atoms with Crippen molar-refractivity contribution in [3.8, 4) is 11.3 Å². The molecule has 4 N–H and O–H groups in total. The maximum absolute atomic E-state index is 5.99. The van der Waals surface area contributed by atoms with Crippen LogP contribution in [0.5, 0.6) is 0 Å². The fourth-order valence-electron chi connectivity index (χ4n) is 2.86. The zero-order valence-electron chi connectivity index (χ0n) is 12.8. The Morgan fingerprint density at radius 2 is 1.25 bits per heavy atom. The molecule has 0 aliphatic rings. The van der Waals surface area contributed by atoms with Crippen molar-refractivity contribution < 1.29 is 0 Å². The molecule has 0 spiro atoms. The van der Waals surface area contributed by atoms with Crippen molar-refractivity contribution in [3.63, 3.8) is 0 Å². The summed E-state index contributed by atoms with van der Waals surface area (Å²) in [6.45, 7) is 0. The molecule has 4 aromatic rings.